The van der Waals surface area contributed by atoms with E-state index in [1.54, 1.807) is 6.08 Å². The molecule has 2 saturated heterocycles. The van der Waals surface area contributed by atoms with Crippen LogP contribution in [0.1, 0.15) is 27.2 Å². The van der Waals surface area contributed by atoms with Gasteiger partial charge in [-0.2, -0.15) is 0 Å². The summed E-state index contributed by atoms with van der Waals surface area (Å²) < 4.78 is 10.1. The monoisotopic (exact) mass is 341 g/mol. The number of ether oxygens (including phenoxy) is 2. The van der Waals surface area contributed by atoms with Crippen molar-refractivity contribution >= 4 is 11.9 Å². The number of hydrogen-bond acceptors (Lipinski definition) is 7. The van der Waals surface area contributed by atoms with Crippen LogP contribution < -0.4 is 0 Å². The molecule has 8 nitrogen and oxygen atoms in total. The molecule has 0 aliphatic carbocycles. The molecule has 2 fully saturated rings. The van der Waals surface area contributed by atoms with Gasteiger partial charge in [-0.3, -0.25) is 4.79 Å². The van der Waals surface area contributed by atoms with Gasteiger partial charge in [0, 0.05) is 12.0 Å². The summed E-state index contributed by atoms with van der Waals surface area (Å²) in [6, 6.07) is -0.595. The van der Waals surface area contributed by atoms with Gasteiger partial charge in [0.2, 0.25) is 0 Å². The van der Waals surface area contributed by atoms with Crippen LogP contribution in [-0.4, -0.2) is 69.8 Å². The van der Waals surface area contributed by atoms with Gasteiger partial charge in [0.05, 0.1) is 19.0 Å². The fourth-order valence-electron chi connectivity index (χ4n) is 3.75. The van der Waals surface area contributed by atoms with E-state index in [9.17, 15) is 25.0 Å². The number of hydroxylamine groups is 3. The number of aliphatic hydroxyl groups is 2. The van der Waals surface area contributed by atoms with Gasteiger partial charge in [0.25, 0.3) is 0 Å². The highest BCUT2D eigenvalue weighted by molar-refractivity contribution is 5.83. The van der Waals surface area contributed by atoms with E-state index < -0.39 is 45.9 Å². The first-order chi connectivity index (χ1) is 11.0. The lowest BCUT2D eigenvalue weighted by Gasteiger charge is -2.40. The molecule has 0 aromatic heterocycles. The number of hydrogen-bond donors (Lipinski definition) is 2. The Morgan fingerprint density at radius 1 is 1.33 bits per heavy atom. The van der Waals surface area contributed by atoms with Crippen molar-refractivity contribution in [1.82, 2.24) is 0 Å². The van der Waals surface area contributed by atoms with Gasteiger partial charge in [-0.1, -0.05) is 0 Å². The third-order valence-corrected chi connectivity index (χ3v) is 5.91. The van der Waals surface area contributed by atoms with E-state index in [0.717, 1.165) is 6.92 Å². The van der Waals surface area contributed by atoms with E-state index >= 15 is 0 Å². The van der Waals surface area contributed by atoms with Crippen molar-refractivity contribution in [2.75, 3.05) is 19.7 Å². The molecule has 2 N–H and O–H groups in total. The molecular weight excluding hydrogens is 318 g/mol. The van der Waals surface area contributed by atoms with Crippen LogP contribution in [0.3, 0.4) is 0 Å². The average molecular weight is 341 g/mol. The van der Waals surface area contributed by atoms with Crippen molar-refractivity contribution in [3.63, 3.8) is 0 Å². The first-order valence-electron chi connectivity index (χ1n) is 8.10. The standard InChI is InChI=1S/C16H23NO7/c1-9-13(18)24-11-5-7-17(22)6-4-10(12(11)17)8-23-14(19)16(3,21)15(9,2)20/h4,9,11-12,20-21H,5-8H2,1-3H3/t9-,11+,12+,15+,16-,17?/m0/s1. The first-order valence-corrected chi connectivity index (χ1v) is 8.10. The molecule has 0 spiro atoms. The second kappa shape index (κ2) is 5.26. The maximum atomic E-state index is 12.8. The van der Waals surface area contributed by atoms with Crippen molar-refractivity contribution in [3.8, 4) is 0 Å². The highest BCUT2D eigenvalue weighted by Crippen LogP contribution is 2.40. The van der Waals surface area contributed by atoms with Crippen LogP contribution in [-0.2, 0) is 19.1 Å². The topological polar surface area (TPSA) is 116 Å². The first kappa shape index (κ1) is 17.3. The highest BCUT2D eigenvalue weighted by atomic mass is 16.6. The highest BCUT2D eigenvalue weighted by Gasteiger charge is 2.57. The van der Waals surface area contributed by atoms with Crippen molar-refractivity contribution in [1.29, 1.82) is 0 Å². The fourth-order valence-corrected chi connectivity index (χ4v) is 3.75. The van der Waals surface area contributed by atoms with E-state index in [1.807, 2.05) is 0 Å². The van der Waals surface area contributed by atoms with Crippen molar-refractivity contribution in [3.05, 3.63) is 16.9 Å². The summed E-state index contributed by atoms with van der Waals surface area (Å²) in [7, 11) is 0. The summed E-state index contributed by atoms with van der Waals surface area (Å²) in [5, 5.41) is 33.9. The van der Waals surface area contributed by atoms with Crippen LogP contribution in [0.25, 0.3) is 0 Å². The SMILES string of the molecule is C[C@H]1C(=O)O[C@@H]2CC[N+]3([O-])CC=C(COC(=O)[C@](C)(O)[C@]1(C)O)[C@H]23. The molecule has 0 radical (unpaired) electrons. The predicted octanol–water partition coefficient (Wildman–Crippen LogP) is -0.380. The number of carbonyl (C=O) groups is 2. The van der Waals surface area contributed by atoms with Gasteiger partial charge in [0.15, 0.2) is 17.7 Å². The number of carbonyl (C=O) groups excluding carboxylic acids is 2. The quantitative estimate of drug-likeness (QED) is 0.267. The average Bonchev–Trinajstić information content (AvgIpc) is 2.99. The Balaban J connectivity index is 1.99. The molecule has 0 amide bonds. The van der Waals surface area contributed by atoms with Crippen LogP contribution in [0.4, 0.5) is 0 Å². The molecule has 3 aliphatic heterocycles. The zero-order valence-electron chi connectivity index (χ0n) is 14.0. The Morgan fingerprint density at radius 3 is 2.67 bits per heavy atom. The van der Waals surface area contributed by atoms with E-state index in [-0.39, 0.29) is 13.2 Å². The molecule has 3 aliphatic rings. The van der Waals surface area contributed by atoms with Gasteiger partial charge in [-0.15, -0.1) is 0 Å². The normalized spacial score (nSPS) is 48.9. The van der Waals surface area contributed by atoms with Crippen LogP contribution >= 0.6 is 0 Å². The molecule has 0 bridgehead atoms. The van der Waals surface area contributed by atoms with Gasteiger partial charge in [-0.25, -0.2) is 4.79 Å². The van der Waals surface area contributed by atoms with E-state index in [2.05, 4.69) is 0 Å². The largest absolute Gasteiger partial charge is 0.632 e. The minimum atomic E-state index is -2.30. The second-order valence-corrected chi connectivity index (χ2v) is 7.36. The number of rotatable bonds is 0. The molecule has 1 unspecified atom stereocenters. The molecule has 0 aromatic rings. The maximum Gasteiger partial charge on any atom is 0.341 e. The van der Waals surface area contributed by atoms with Crippen LogP contribution in [0.15, 0.2) is 11.6 Å². The molecule has 8 heteroatoms. The Kier molecular flexibility index (Phi) is 3.80. The van der Waals surface area contributed by atoms with Gasteiger partial charge in [0.1, 0.15) is 12.2 Å². The van der Waals surface area contributed by atoms with Crippen LogP contribution in [0.2, 0.25) is 0 Å². The number of cyclic esters (lactones) is 1. The van der Waals surface area contributed by atoms with Crippen LogP contribution in [0, 0.1) is 11.1 Å². The summed E-state index contributed by atoms with van der Waals surface area (Å²) in [5.41, 5.74) is -3.79. The summed E-state index contributed by atoms with van der Waals surface area (Å²) in [4.78, 5) is 24.7. The van der Waals surface area contributed by atoms with Crippen LogP contribution in [0.5, 0.6) is 0 Å². The zero-order chi connectivity index (χ0) is 17.9. The summed E-state index contributed by atoms with van der Waals surface area (Å²) in [5.74, 6) is -2.97. The molecule has 134 valence electrons. The minimum absolute atomic E-state index is 0.166. The Morgan fingerprint density at radius 2 is 2.00 bits per heavy atom. The second-order valence-electron chi connectivity index (χ2n) is 7.36. The fraction of sp³-hybridized carbons (Fsp3) is 0.750. The zero-order valence-corrected chi connectivity index (χ0v) is 14.0. The third kappa shape index (κ3) is 2.28. The van der Waals surface area contributed by atoms with Crippen molar-refractivity contribution in [2.24, 2.45) is 5.92 Å². The Labute approximate surface area is 139 Å². The van der Waals surface area contributed by atoms with E-state index in [1.165, 1.54) is 13.8 Å². The summed E-state index contributed by atoms with van der Waals surface area (Å²) in [6.07, 6.45) is 1.50. The molecular formula is C16H23NO7. The van der Waals surface area contributed by atoms with Gasteiger partial charge in [-0.05, 0) is 26.8 Å². The van der Waals surface area contributed by atoms with E-state index in [4.69, 9.17) is 9.47 Å². The summed E-state index contributed by atoms with van der Waals surface area (Å²) in [6.45, 7) is 4.08. The predicted molar refractivity (Wildman–Crippen MR) is 81.1 cm³/mol. The van der Waals surface area contributed by atoms with Crippen molar-refractivity contribution < 1.29 is 33.9 Å². The lowest BCUT2D eigenvalue weighted by atomic mass is 9.76. The third-order valence-electron chi connectivity index (χ3n) is 5.91. The number of esters is 2. The van der Waals surface area contributed by atoms with Gasteiger partial charge >= 0.3 is 11.9 Å². The lowest BCUT2D eigenvalue weighted by molar-refractivity contribution is -0.877. The van der Waals surface area contributed by atoms with E-state index in [0.29, 0.717) is 18.5 Å². The number of quaternary nitrogens is 1. The molecule has 3 rings (SSSR count). The molecule has 3 heterocycles. The van der Waals surface area contributed by atoms with Gasteiger partial charge < -0.3 is 29.5 Å². The Hall–Kier alpha value is -1.48. The summed E-state index contributed by atoms with van der Waals surface area (Å²) >= 11 is 0. The minimum Gasteiger partial charge on any atom is -0.632 e. The lowest BCUT2D eigenvalue weighted by Crippen LogP contribution is -2.61. The van der Waals surface area contributed by atoms with Crippen molar-refractivity contribution in [2.45, 2.75) is 50.5 Å². The molecule has 6 atom stereocenters. The Bertz CT molecular complexity index is 612. The molecule has 0 saturated carbocycles. The smallest absolute Gasteiger partial charge is 0.341 e. The molecule has 24 heavy (non-hydrogen) atoms. The maximum absolute atomic E-state index is 12.8. The molecule has 0 aromatic carbocycles. The number of nitrogens with zero attached hydrogens (tertiary/aromatic N) is 1.